The minimum Gasteiger partial charge on any atom is -0.375 e. The second kappa shape index (κ2) is 8.26. The molecule has 8 heteroatoms. The number of hydrogen-bond acceptors (Lipinski definition) is 6. The Morgan fingerprint density at radius 3 is 2.96 bits per heavy atom. The SMILES string of the molecule is C[C@@H]1CN(C(=O)CSc2ncnc3cc(-c4ccc(Br)cc4)sc23)CCO1. The van der Waals surface area contributed by atoms with E-state index in [4.69, 9.17) is 4.74 Å². The minimum atomic E-state index is 0.101. The van der Waals surface area contributed by atoms with Crippen LogP contribution in [0.5, 0.6) is 0 Å². The van der Waals surface area contributed by atoms with Crippen molar-refractivity contribution >= 4 is 55.2 Å². The van der Waals surface area contributed by atoms with Crippen molar-refractivity contribution in [2.24, 2.45) is 0 Å². The average molecular weight is 464 g/mol. The maximum absolute atomic E-state index is 12.5. The molecule has 0 unspecified atom stereocenters. The van der Waals surface area contributed by atoms with Crippen LogP contribution in [0.25, 0.3) is 20.7 Å². The number of thiophene rings is 1. The summed E-state index contributed by atoms with van der Waals surface area (Å²) < 4.78 is 7.59. The number of carbonyl (C=O) groups is 1. The Balaban J connectivity index is 1.52. The van der Waals surface area contributed by atoms with Crippen LogP contribution >= 0.6 is 39.0 Å². The fraction of sp³-hybridized carbons (Fsp3) is 0.316. The van der Waals surface area contributed by atoms with Gasteiger partial charge in [-0.05, 0) is 30.7 Å². The number of hydrogen-bond donors (Lipinski definition) is 0. The number of aromatic nitrogens is 2. The summed E-state index contributed by atoms with van der Waals surface area (Å²) in [5.74, 6) is 0.510. The highest BCUT2D eigenvalue weighted by Crippen LogP contribution is 2.37. The second-order valence-electron chi connectivity index (χ2n) is 6.32. The predicted octanol–water partition coefficient (Wildman–Crippen LogP) is 4.46. The summed E-state index contributed by atoms with van der Waals surface area (Å²) >= 11 is 6.62. The zero-order valence-electron chi connectivity index (χ0n) is 14.7. The highest BCUT2D eigenvalue weighted by molar-refractivity contribution is 9.10. The Morgan fingerprint density at radius 2 is 2.19 bits per heavy atom. The molecule has 1 aromatic carbocycles. The molecule has 1 aliphatic rings. The molecule has 1 amide bonds. The molecule has 5 nitrogen and oxygen atoms in total. The highest BCUT2D eigenvalue weighted by Gasteiger charge is 2.22. The van der Waals surface area contributed by atoms with Crippen LogP contribution in [0.1, 0.15) is 6.92 Å². The molecule has 4 rings (SSSR count). The predicted molar refractivity (Wildman–Crippen MR) is 113 cm³/mol. The number of carbonyl (C=O) groups excluding carboxylic acids is 1. The molecular weight excluding hydrogens is 446 g/mol. The van der Waals surface area contributed by atoms with E-state index < -0.39 is 0 Å². The van der Waals surface area contributed by atoms with Gasteiger partial charge in [0, 0.05) is 22.4 Å². The zero-order chi connectivity index (χ0) is 18.8. The Bertz CT molecular complexity index is 961. The first-order valence-electron chi connectivity index (χ1n) is 8.63. The van der Waals surface area contributed by atoms with Gasteiger partial charge in [-0.15, -0.1) is 11.3 Å². The molecule has 1 saturated heterocycles. The van der Waals surface area contributed by atoms with Crippen LogP contribution in [0.15, 0.2) is 46.2 Å². The van der Waals surface area contributed by atoms with Gasteiger partial charge in [0.15, 0.2) is 0 Å². The maximum Gasteiger partial charge on any atom is 0.233 e. The summed E-state index contributed by atoms with van der Waals surface area (Å²) in [6.45, 7) is 3.92. The van der Waals surface area contributed by atoms with Crippen molar-refractivity contribution in [2.75, 3.05) is 25.4 Å². The normalized spacial score (nSPS) is 17.4. The third-order valence-corrected chi connectivity index (χ3v) is 7.15. The van der Waals surface area contributed by atoms with Crippen molar-refractivity contribution in [2.45, 2.75) is 18.1 Å². The van der Waals surface area contributed by atoms with Crippen molar-refractivity contribution in [3.8, 4) is 10.4 Å². The number of ether oxygens (including phenoxy) is 1. The van der Waals surface area contributed by atoms with Gasteiger partial charge >= 0.3 is 0 Å². The first-order valence-corrected chi connectivity index (χ1v) is 11.2. The highest BCUT2D eigenvalue weighted by atomic mass is 79.9. The molecule has 140 valence electrons. The molecule has 3 heterocycles. The zero-order valence-corrected chi connectivity index (χ0v) is 17.9. The van der Waals surface area contributed by atoms with E-state index in [1.165, 1.54) is 11.8 Å². The molecule has 27 heavy (non-hydrogen) atoms. The fourth-order valence-corrected chi connectivity index (χ4v) is 5.33. The third kappa shape index (κ3) is 4.34. The maximum atomic E-state index is 12.5. The van der Waals surface area contributed by atoms with Gasteiger partial charge in [0.05, 0.1) is 28.7 Å². The Labute approximate surface area is 174 Å². The van der Waals surface area contributed by atoms with Gasteiger partial charge in [0.2, 0.25) is 5.91 Å². The Morgan fingerprint density at radius 1 is 1.37 bits per heavy atom. The summed E-state index contributed by atoms with van der Waals surface area (Å²) in [6.07, 6.45) is 1.67. The van der Waals surface area contributed by atoms with Gasteiger partial charge in [-0.3, -0.25) is 4.79 Å². The van der Waals surface area contributed by atoms with E-state index in [0.29, 0.717) is 25.4 Å². The molecule has 1 fully saturated rings. The van der Waals surface area contributed by atoms with Gasteiger partial charge in [0.1, 0.15) is 11.4 Å². The molecule has 1 aliphatic heterocycles. The average Bonchev–Trinajstić information content (AvgIpc) is 3.11. The second-order valence-corrected chi connectivity index (χ2v) is 9.25. The lowest BCUT2D eigenvalue weighted by atomic mass is 10.2. The number of nitrogens with zero attached hydrogens (tertiary/aromatic N) is 3. The summed E-state index contributed by atoms with van der Waals surface area (Å²) in [5.41, 5.74) is 2.07. The van der Waals surface area contributed by atoms with Crippen LogP contribution in [-0.4, -0.2) is 52.3 Å². The van der Waals surface area contributed by atoms with Gasteiger partial charge in [0.25, 0.3) is 0 Å². The van der Waals surface area contributed by atoms with E-state index in [1.807, 2.05) is 24.0 Å². The monoisotopic (exact) mass is 463 g/mol. The van der Waals surface area contributed by atoms with Crippen molar-refractivity contribution in [1.29, 1.82) is 0 Å². The van der Waals surface area contributed by atoms with Crippen molar-refractivity contribution in [1.82, 2.24) is 14.9 Å². The Hall–Kier alpha value is -1.48. The summed E-state index contributed by atoms with van der Waals surface area (Å²) in [7, 11) is 0. The van der Waals surface area contributed by atoms with E-state index in [2.05, 4.69) is 44.1 Å². The third-order valence-electron chi connectivity index (χ3n) is 4.33. The largest absolute Gasteiger partial charge is 0.375 e. The molecule has 1 atom stereocenters. The minimum absolute atomic E-state index is 0.101. The molecule has 3 aromatic rings. The first-order chi connectivity index (χ1) is 13.1. The standard InChI is InChI=1S/C19H18BrN3O2S2/c1-12-9-23(6-7-25-12)17(24)10-26-19-18-15(21-11-22-19)8-16(27-18)13-2-4-14(20)5-3-13/h2-5,8,11-12H,6-7,9-10H2,1H3/t12-/m1/s1. The van der Waals surface area contributed by atoms with E-state index >= 15 is 0 Å². The molecule has 0 aliphatic carbocycles. The number of amides is 1. The molecule has 0 spiro atoms. The van der Waals surface area contributed by atoms with E-state index in [0.717, 1.165) is 30.2 Å². The van der Waals surface area contributed by atoms with Crippen LogP contribution < -0.4 is 0 Å². The quantitative estimate of drug-likeness (QED) is 0.422. The van der Waals surface area contributed by atoms with E-state index in [-0.39, 0.29) is 12.0 Å². The van der Waals surface area contributed by atoms with Crippen LogP contribution in [0.4, 0.5) is 0 Å². The first kappa shape index (κ1) is 18.9. The van der Waals surface area contributed by atoms with Gasteiger partial charge in [-0.1, -0.05) is 39.8 Å². The number of halogens is 1. The molecule has 0 radical (unpaired) electrons. The Kier molecular flexibility index (Phi) is 5.77. The van der Waals surface area contributed by atoms with Gasteiger partial charge in [-0.2, -0.15) is 0 Å². The van der Waals surface area contributed by atoms with Crippen molar-refractivity contribution < 1.29 is 9.53 Å². The number of fused-ring (bicyclic) bond motifs is 1. The fourth-order valence-electron chi connectivity index (χ4n) is 2.96. The molecule has 0 saturated carbocycles. The lowest BCUT2D eigenvalue weighted by Gasteiger charge is -2.31. The molecule has 0 bridgehead atoms. The topological polar surface area (TPSA) is 55.3 Å². The summed E-state index contributed by atoms with van der Waals surface area (Å²) in [5, 5.41) is 0.864. The number of thioether (sulfide) groups is 1. The smallest absolute Gasteiger partial charge is 0.233 e. The summed E-state index contributed by atoms with van der Waals surface area (Å²) in [6, 6.07) is 10.3. The lowest BCUT2D eigenvalue weighted by molar-refractivity contribution is -0.135. The van der Waals surface area contributed by atoms with Crippen LogP contribution in [0.3, 0.4) is 0 Å². The number of rotatable bonds is 4. The molecule has 0 N–H and O–H groups in total. The molecule has 2 aromatic heterocycles. The van der Waals surface area contributed by atoms with Gasteiger partial charge < -0.3 is 9.64 Å². The van der Waals surface area contributed by atoms with E-state index in [9.17, 15) is 4.79 Å². The van der Waals surface area contributed by atoms with E-state index in [1.54, 1.807) is 17.7 Å². The van der Waals surface area contributed by atoms with Crippen molar-refractivity contribution in [3.05, 3.63) is 41.1 Å². The lowest BCUT2D eigenvalue weighted by Crippen LogP contribution is -2.45. The summed E-state index contributed by atoms with van der Waals surface area (Å²) in [4.78, 5) is 24.4. The van der Waals surface area contributed by atoms with Crippen molar-refractivity contribution in [3.63, 3.8) is 0 Å². The van der Waals surface area contributed by atoms with Crippen LogP contribution in [-0.2, 0) is 9.53 Å². The van der Waals surface area contributed by atoms with Gasteiger partial charge in [-0.25, -0.2) is 9.97 Å². The molecular formula is C19H18BrN3O2S2. The van der Waals surface area contributed by atoms with Crippen LogP contribution in [0, 0.1) is 0 Å². The number of benzene rings is 1. The number of morpholine rings is 1. The van der Waals surface area contributed by atoms with Crippen LogP contribution in [0.2, 0.25) is 0 Å².